The molecule has 55 heavy (non-hydrogen) atoms. The van der Waals surface area contributed by atoms with Gasteiger partial charge in [0.1, 0.15) is 0 Å². The van der Waals surface area contributed by atoms with Gasteiger partial charge in [-0.25, -0.2) is 0 Å². The van der Waals surface area contributed by atoms with Crippen LogP contribution >= 0.6 is 0 Å². The normalized spacial score (nSPS) is 21.7. The summed E-state index contributed by atoms with van der Waals surface area (Å²) in [6, 6.07) is 0. The van der Waals surface area contributed by atoms with Crippen molar-refractivity contribution in [3.05, 3.63) is 29.7 Å². The van der Waals surface area contributed by atoms with Crippen LogP contribution in [0.25, 0.3) is 0 Å². The summed E-state index contributed by atoms with van der Waals surface area (Å²) in [6.45, 7) is 14.9. The standard InChI is InChI=1S/2C14H28O3S.2C5H10.2CH4.4CH3.2Fe.H2O/c2*1-14(2,3)18(16)13-8-4-6-12(13)7-5-10-17-11-9-15;2*1-2-4-5-3-1;;;;;;;;;/h2*12-13,15H,4-11H2,1-3H3;2*1-5H2;2*1H4;4*1H3;;;1H2/q;;;;;;4*-1;2*+2;. The Hall–Kier alpha value is 1.14. The van der Waals surface area contributed by atoms with Crippen LogP contribution in [0.4, 0.5) is 0 Å². The Balaban J connectivity index is -0.0000000771. The maximum atomic E-state index is 12.5. The summed E-state index contributed by atoms with van der Waals surface area (Å²) >= 11 is 0. The summed E-state index contributed by atoms with van der Waals surface area (Å²) in [5, 5.41) is 18.0. The van der Waals surface area contributed by atoms with Gasteiger partial charge in [0.05, 0.1) is 26.4 Å². The van der Waals surface area contributed by atoms with Crippen molar-refractivity contribution in [2.75, 3.05) is 39.6 Å². The Morgan fingerprint density at radius 3 is 0.964 bits per heavy atom. The van der Waals surface area contributed by atoms with Crippen LogP contribution in [0.15, 0.2) is 0 Å². The molecule has 0 aromatic carbocycles. The second-order valence-corrected chi connectivity index (χ2v) is 20.6. The Labute approximate surface area is 373 Å². The molecule has 4 N–H and O–H groups in total. The van der Waals surface area contributed by atoms with Gasteiger partial charge in [0.25, 0.3) is 0 Å². The van der Waals surface area contributed by atoms with Crippen molar-refractivity contribution in [2.24, 2.45) is 11.8 Å². The quantitative estimate of drug-likeness (QED) is 0.102. The molecule has 0 amide bonds. The topological polar surface area (TPSA) is 125 Å². The number of hydrogen-bond acceptors (Lipinski definition) is 6. The predicted octanol–water partition coefficient (Wildman–Crippen LogP) is 11.1. The fraction of sp³-hybridized carbons (Fsp3) is 0.909. The van der Waals surface area contributed by atoms with Gasteiger partial charge in [-0.05, 0) is 105 Å². The van der Waals surface area contributed by atoms with Crippen molar-refractivity contribution in [3.63, 3.8) is 0 Å². The molecule has 4 fully saturated rings. The summed E-state index contributed by atoms with van der Waals surface area (Å²) in [7, 11) is -1.46. The zero-order chi connectivity index (χ0) is 34.3. The molecule has 0 spiro atoms. The van der Waals surface area contributed by atoms with Gasteiger partial charge in [-0.3, -0.25) is 8.42 Å². The average Bonchev–Trinajstić information content (AvgIpc) is 3.84. The van der Waals surface area contributed by atoms with Crippen LogP contribution in [0.1, 0.15) is 185 Å². The summed E-state index contributed by atoms with van der Waals surface area (Å²) in [6.07, 6.45) is 26.3. The van der Waals surface area contributed by atoms with Gasteiger partial charge in [0.2, 0.25) is 0 Å². The van der Waals surface area contributed by atoms with Crippen molar-refractivity contribution in [3.8, 4) is 0 Å². The third-order valence-corrected chi connectivity index (χ3v) is 14.4. The minimum Gasteiger partial charge on any atom is -0.412 e. The molecular weight excluding hydrogens is 816 g/mol. The van der Waals surface area contributed by atoms with E-state index in [2.05, 4.69) is 41.5 Å². The average molecular weight is 915 g/mol. The molecule has 4 rings (SSSR count). The van der Waals surface area contributed by atoms with Gasteiger partial charge < -0.3 is 54.9 Å². The number of aliphatic hydroxyl groups is 2. The Morgan fingerprint density at radius 2 is 0.745 bits per heavy atom. The van der Waals surface area contributed by atoms with Gasteiger partial charge in [0.15, 0.2) is 0 Å². The molecule has 0 aromatic heterocycles. The van der Waals surface area contributed by atoms with Crippen molar-refractivity contribution < 1.29 is 67.7 Å². The van der Waals surface area contributed by atoms with E-state index in [0.29, 0.717) is 48.8 Å². The van der Waals surface area contributed by atoms with Gasteiger partial charge >= 0.3 is 34.1 Å². The summed E-state index contributed by atoms with van der Waals surface area (Å²) < 4.78 is 35.3. The first kappa shape index (κ1) is 76.8. The fourth-order valence-corrected chi connectivity index (χ4v) is 11.0. The molecule has 0 saturated heterocycles. The molecule has 0 aromatic rings. The van der Waals surface area contributed by atoms with Crippen LogP contribution in [0.2, 0.25) is 0 Å². The van der Waals surface area contributed by atoms with Gasteiger partial charge in [0, 0.05) is 54.8 Å². The number of aliphatic hydroxyl groups excluding tert-OH is 2. The van der Waals surface area contributed by atoms with E-state index in [1.54, 1.807) is 0 Å². The van der Waals surface area contributed by atoms with Gasteiger partial charge in [-0.15, -0.1) is 0 Å². The first-order valence-electron chi connectivity index (χ1n) is 19.1. The fourth-order valence-electron chi connectivity index (χ4n) is 7.13. The summed E-state index contributed by atoms with van der Waals surface area (Å²) in [4.78, 5) is 0. The molecule has 4 saturated carbocycles. The molecule has 6 unspecified atom stereocenters. The molecule has 0 aliphatic heterocycles. The van der Waals surface area contributed by atoms with Crippen molar-refractivity contribution in [2.45, 2.75) is 205 Å². The number of hydrogen-bond donors (Lipinski definition) is 2. The molecule has 7 nitrogen and oxygen atoms in total. The zero-order valence-corrected chi connectivity index (χ0v) is 40.1. The van der Waals surface area contributed by atoms with Crippen LogP contribution in [0.5, 0.6) is 0 Å². The monoisotopic (exact) mass is 915 g/mol. The summed E-state index contributed by atoms with van der Waals surface area (Å²) in [5.41, 5.74) is 0. The Kier molecular flexibility index (Phi) is 64.5. The van der Waals surface area contributed by atoms with Gasteiger partial charge in [-0.1, -0.05) is 91.9 Å². The van der Waals surface area contributed by atoms with Gasteiger partial charge in [-0.2, -0.15) is 0 Å². The zero-order valence-electron chi connectivity index (χ0n) is 36.2. The SMILES string of the molecule is C.C.C1CCCC1.C1CCCC1.CC(C)(C)S(=O)C1CCCC1CCCOCCO.CC(C)(C)S(=O)C1CCCC1CCCOCCO.O.[CH3-].[CH3-].[CH3-].[CH3-].[Fe+2].[Fe+2]. The molecule has 0 radical (unpaired) electrons. The van der Waals surface area contributed by atoms with E-state index >= 15 is 0 Å². The molecular formula is C44H98Fe2O7S2. The van der Waals surface area contributed by atoms with E-state index < -0.39 is 21.6 Å². The van der Waals surface area contributed by atoms with Crippen molar-refractivity contribution in [1.82, 2.24) is 0 Å². The molecule has 6 atom stereocenters. The molecule has 0 heterocycles. The first-order chi connectivity index (χ1) is 21.9. The molecule has 4 aliphatic rings. The van der Waals surface area contributed by atoms with E-state index in [0.717, 1.165) is 38.5 Å². The maximum absolute atomic E-state index is 12.5. The van der Waals surface area contributed by atoms with E-state index in [9.17, 15) is 8.42 Å². The van der Waals surface area contributed by atoms with Crippen LogP contribution < -0.4 is 0 Å². The molecule has 344 valence electrons. The third-order valence-electron chi connectivity index (χ3n) is 9.63. The number of ether oxygens (including phenoxy) is 2. The summed E-state index contributed by atoms with van der Waals surface area (Å²) in [5.74, 6) is 1.20. The molecule has 0 bridgehead atoms. The smallest absolute Gasteiger partial charge is 0.412 e. The second-order valence-electron chi connectivity index (χ2n) is 15.8. The Morgan fingerprint density at radius 1 is 0.491 bits per heavy atom. The largest absolute Gasteiger partial charge is 2.00 e. The van der Waals surface area contributed by atoms with Crippen LogP contribution in [0, 0.1) is 41.5 Å². The van der Waals surface area contributed by atoms with E-state index in [1.807, 2.05) is 0 Å². The second kappa shape index (κ2) is 46.2. The Bertz CT molecular complexity index is 708. The minimum absolute atomic E-state index is 0. The van der Waals surface area contributed by atoms with Crippen LogP contribution in [-0.4, -0.2) is 83.7 Å². The third kappa shape index (κ3) is 36.7. The predicted molar refractivity (Wildman–Crippen MR) is 241 cm³/mol. The molecule has 11 heteroatoms. The minimum atomic E-state index is -0.732. The van der Waals surface area contributed by atoms with E-state index in [4.69, 9.17) is 19.7 Å². The van der Waals surface area contributed by atoms with Crippen molar-refractivity contribution >= 4 is 21.6 Å². The maximum Gasteiger partial charge on any atom is 2.00 e. The van der Waals surface area contributed by atoms with E-state index in [-0.39, 0.29) is 107 Å². The van der Waals surface area contributed by atoms with Crippen LogP contribution in [-0.2, 0) is 65.2 Å². The van der Waals surface area contributed by atoms with Crippen molar-refractivity contribution in [1.29, 1.82) is 0 Å². The van der Waals surface area contributed by atoms with E-state index in [1.165, 1.54) is 89.9 Å². The molecule has 4 aliphatic carbocycles. The number of rotatable bonds is 14. The first-order valence-corrected chi connectivity index (χ1v) is 21.5. The van der Waals surface area contributed by atoms with Crippen LogP contribution in [0.3, 0.4) is 0 Å².